The monoisotopic (exact) mass is 473 g/mol. The Morgan fingerprint density at radius 1 is 1.14 bits per heavy atom. The molecule has 3 aliphatic rings. The van der Waals surface area contributed by atoms with E-state index in [1.807, 2.05) is 18.3 Å². The van der Waals surface area contributed by atoms with E-state index in [9.17, 15) is 5.26 Å². The van der Waals surface area contributed by atoms with Crippen molar-refractivity contribution in [1.29, 1.82) is 5.26 Å². The summed E-state index contributed by atoms with van der Waals surface area (Å²) in [5.74, 6) is 0.955. The summed E-state index contributed by atoms with van der Waals surface area (Å²) in [5, 5.41) is 17.2. The number of nitrogens with one attached hydrogen (secondary N) is 1. The van der Waals surface area contributed by atoms with Gasteiger partial charge in [0.1, 0.15) is 18.2 Å². The molecule has 6 rings (SSSR count). The van der Waals surface area contributed by atoms with Gasteiger partial charge in [-0.25, -0.2) is 4.98 Å². The molecule has 2 atom stereocenters. The average molecular weight is 474 g/mol. The van der Waals surface area contributed by atoms with Gasteiger partial charge in [-0.15, -0.1) is 0 Å². The highest BCUT2D eigenvalue weighted by Crippen LogP contribution is 2.24. The Kier molecular flexibility index (Phi) is 5.98. The van der Waals surface area contributed by atoms with E-state index in [1.54, 1.807) is 4.52 Å². The molecule has 0 saturated carbocycles. The molecule has 2 fully saturated rings. The lowest BCUT2D eigenvalue weighted by Gasteiger charge is -2.42. The van der Waals surface area contributed by atoms with Crippen LogP contribution in [-0.2, 0) is 17.7 Å². The highest BCUT2D eigenvalue weighted by Gasteiger charge is 2.30. The summed E-state index contributed by atoms with van der Waals surface area (Å²) < 4.78 is 8.11. The van der Waals surface area contributed by atoms with Gasteiger partial charge in [0, 0.05) is 71.0 Å². The second kappa shape index (κ2) is 9.41. The summed E-state index contributed by atoms with van der Waals surface area (Å²) >= 11 is 0. The highest BCUT2D eigenvalue weighted by molar-refractivity contribution is 5.60. The Hall–Kier alpha value is -3.26. The van der Waals surface area contributed by atoms with Crippen LogP contribution in [0.5, 0.6) is 0 Å². The molecule has 1 N–H and O–H groups in total. The Bertz CT molecular complexity index is 1240. The molecule has 0 unspecified atom stereocenters. The van der Waals surface area contributed by atoms with Crippen LogP contribution in [0.3, 0.4) is 0 Å². The molecule has 182 valence electrons. The molecule has 0 aromatic carbocycles. The van der Waals surface area contributed by atoms with Crippen LogP contribution in [0.25, 0.3) is 5.65 Å². The van der Waals surface area contributed by atoms with E-state index in [1.165, 1.54) is 23.3 Å². The number of piperazine rings is 1. The standard InChI is InChI=1S/C25H31N9O/c1-18-14-33(24-3-2-19(11-26)25-29-17-30-34(24)25)16-22(35-18)15-31-6-8-32(9-7-31)21-10-20-12-27-5-4-23(20)28-13-21/h2-3,10,13,17-18,22,27H,4-9,12,14-16H2,1H3/t18-,22+/m1/s1. The first-order chi connectivity index (χ1) is 17.2. The van der Waals surface area contributed by atoms with E-state index >= 15 is 0 Å². The Balaban J connectivity index is 1.09. The summed E-state index contributed by atoms with van der Waals surface area (Å²) in [6, 6.07) is 8.32. The Morgan fingerprint density at radius 2 is 2.03 bits per heavy atom. The second-order valence-electron chi connectivity index (χ2n) is 9.70. The van der Waals surface area contributed by atoms with Gasteiger partial charge in [-0.2, -0.15) is 14.9 Å². The van der Waals surface area contributed by atoms with Gasteiger partial charge in [0.15, 0.2) is 5.65 Å². The van der Waals surface area contributed by atoms with Crippen molar-refractivity contribution in [3.05, 3.63) is 47.5 Å². The van der Waals surface area contributed by atoms with Gasteiger partial charge in [0.25, 0.3) is 0 Å². The topological polar surface area (TPSA) is 97.9 Å². The largest absolute Gasteiger partial charge is 0.370 e. The third-order valence-corrected chi connectivity index (χ3v) is 7.27. The van der Waals surface area contributed by atoms with Gasteiger partial charge in [-0.3, -0.25) is 9.88 Å². The van der Waals surface area contributed by atoms with Crippen LogP contribution < -0.4 is 15.1 Å². The van der Waals surface area contributed by atoms with Gasteiger partial charge < -0.3 is 19.9 Å². The minimum absolute atomic E-state index is 0.107. The van der Waals surface area contributed by atoms with Crippen molar-refractivity contribution < 1.29 is 4.74 Å². The summed E-state index contributed by atoms with van der Waals surface area (Å²) in [6.07, 6.45) is 4.79. The third-order valence-electron chi connectivity index (χ3n) is 7.27. The number of ether oxygens (including phenoxy) is 1. The van der Waals surface area contributed by atoms with Crippen molar-refractivity contribution in [2.24, 2.45) is 0 Å². The van der Waals surface area contributed by atoms with Gasteiger partial charge in [0.2, 0.25) is 0 Å². The lowest BCUT2D eigenvalue weighted by molar-refractivity contribution is -0.0331. The number of hydrogen-bond donors (Lipinski definition) is 1. The van der Waals surface area contributed by atoms with E-state index in [-0.39, 0.29) is 12.2 Å². The van der Waals surface area contributed by atoms with Crippen molar-refractivity contribution in [2.75, 3.05) is 62.2 Å². The van der Waals surface area contributed by atoms with Crippen molar-refractivity contribution >= 4 is 17.2 Å². The van der Waals surface area contributed by atoms with Crippen LogP contribution in [0.1, 0.15) is 23.7 Å². The Morgan fingerprint density at radius 3 is 2.89 bits per heavy atom. The molecule has 10 heteroatoms. The number of fused-ring (bicyclic) bond motifs is 2. The van der Waals surface area contributed by atoms with Crippen molar-refractivity contribution in [2.45, 2.75) is 32.1 Å². The lowest BCUT2D eigenvalue weighted by Crippen LogP contribution is -2.54. The SMILES string of the molecule is C[C@@H]1CN(c2ccc(C#N)c3ncnn23)C[C@H](CN2CCN(c3cnc4c(c3)CNCC4)CC2)O1. The van der Waals surface area contributed by atoms with Gasteiger partial charge in [-0.1, -0.05) is 0 Å². The number of nitrogens with zero attached hydrogens (tertiary/aromatic N) is 8. The van der Waals surface area contributed by atoms with Crippen LogP contribution >= 0.6 is 0 Å². The van der Waals surface area contributed by atoms with E-state index < -0.39 is 0 Å². The predicted octanol–water partition coefficient (Wildman–Crippen LogP) is 1.06. The van der Waals surface area contributed by atoms with E-state index in [2.05, 4.69) is 49.2 Å². The minimum atomic E-state index is 0.107. The molecule has 2 saturated heterocycles. The molecule has 0 bridgehead atoms. The number of pyridine rings is 2. The fraction of sp³-hybridized carbons (Fsp3) is 0.520. The molecule has 0 aliphatic carbocycles. The predicted molar refractivity (Wildman–Crippen MR) is 133 cm³/mol. The van der Waals surface area contributed by atoms with Crippen LogP contribution in [0, 0.1) is 11.3 Å². The number of nitriles is 1. The quantitative estimate of drug-likeness (QED) is 0.596. The number of anilines is 2. The fourth-order valence-electron chi connectivity index (χ4n) is 5.54. The maximum absolute atomic E-state index is 9.39. The number of morpholine rings is 1. The molecule has 3 aliphatic heterocycles. The lowest BCUT2D eigenvalue weighted by atomic mass is 10.1. The van der Waals surface area contributed by atoms with E-state index in [0.29, 0.717) is 11.2 Å². The first kappa shape index (κ1) is 22.2. The molecule has 35 heavy (non-hydrogen) atoms. The smallest absolute Gasteiger partial charge is 0.175 e. The van der Waals surface area contributed by atoms with Crippen LogP contribution in [-0.4, -0.2) is 89.0 Å². The summed E-state index contributed by atoms with van der Waals surface area (Å²) in [7, 11) is 0. The zero-order valence-electron chi connectivity index (χ0n) is 20.1. The molecule has 10 nitrogen and oxygen atoms in total. The maximum atomic E-state index is 9.39. The van der Waals surface area contributed by atoms with Crippen LogP contribution in [0.2, 0.25) is 0 Å². The summed E-state index contributed by atoms with van der Waals surface area (Å²) in [4.78, 5) is 16.3. The minimum Gasteiger partial charge on any atom is -0.370 e. The van der Waals surface area contributed by atoms with Crippen LogP contribution in [0.15, 0.2) is 30.7 Å². The molecular formula is C25H31N9O. The first-order valence-electron chi connectivity index (χ1n) is 12.5. The summed E-state index contributed by atoms with van der Waals surface area (Å²) in [6.45, 7) is 10.5. The fourth-order valence-corrected chi connectivity index (χ4v) is 5.54. The van der Waals surface area contributed by atoms with Crippen molar-refractivity contribution in [3.63, 3.8) is 0 Å². The summed E-state index contributed by atoms with van der Waals surface area (Å²) in [5.41, 5.74) is 4.95. The molecule has 3 aromatic rings. The van der Waals surface area contributed by atoms with Crippen molar-refractivity contribution in [3.8, 4) is 6.07 Å². The number of aromatic nitrogens is 4. The molecule has 0 amide bonds. The van der Waals surface area contributed by atoms with E-state index in [4.69, 9.17) is 9.72 Å². The average Bonchev–Trinajstić information content (AvgIpc) is 3.38. The van der Waals surface area contributed by atoms with Gasteiger partial charge in [-0.05, 0) is 30.7 Å². The van der Waals surface area contributed by atoms with E-state index in [0.717, 1.165) is 71.1 Å². The molecule has 3 aromatic heterocycles. The molecule has 0 spiro atoms. The zero-order chi connectivity index (χ0) is 23.8. The molecule has 0 radical (unpaired) electrons. The zero-order valence-corrected chi connectivity index (χ0v) is 20.1. The normalized spacial score (nSPS) is 23.3. The van der Waals surface area contributed by atoms with Gasteiger partial charge >= 0.3 is 0 Å². The third kappa shape index (κ3) is 4.43. The van der Waals surface area contributed by atoms with Crippen LogP contribution in [0.4, 0.5) is 11.5 Å². The maximum Gasteiger partial charge on any atom is 0.175 e. The number of rotatable bonds is 4. The van der Waals surface area contributed by atoms with Crippen molar-refractivity contribution in [1.82, 2.24) is 29.8 Å². The highest BCUT2D eigenvalue weighted by atomic mass is 16.5. The first-order valence-corrected chi connectivity index (χ1v) is 12.5. The second-order valence-corrected chi connectivity index (χ2v) is 9.70. The molecular weight excluding hydrogens is 442 g/mol. The van der Waals surface area contributed by atoms with Gasteiger partial charge in [0.05, 0.1) is 29.7 Å². The molecule has 6 heterocycles. The number of hydrogen-bond acceptors (Lipinski definition) is 9. The Labute approximate surface area is 205 Å².